The smallest absolute Gasteiger partial charge is 0.0488 e. The molecule has 0 aliphatic carbocycles. The Morgan fingerprint density at radius 1 is 0.500 bits per heavy atom. The SMILES string of the molecule is CCCCOCCCOCCCOCCC. The van der Waals surface area contributed by atoms with Gasteiger partial charge >= 0.3 is 0 Å². The molecule has 3 nitrogen and oxygen atoms in total. The normalized spacial score (nSPS) is 10.9. The van der Waals surface area contributed by atoms with Gasteiger partial charge < -0.3 is 14.2 Å². The summed E-state index contributed by atoms with van der Waals surface area (Å²) in [6, 6.07) is 0. The lowest BCUT2D eigenvalue weighted by Gasteiger charge is -2.05. The van der Waals surface area contributed by atoms with Crippen LogP contribution in [-0.4, -0.2) is 39.6 Å². The molecule has 0 saturated carbocycles. The summed E-state index contributed by atoms with van der Waals surface area (Å²) in [4.78, 5) is 0. The molecule has 0 unspecified atom stereocenters. The van der Waals surface area contributed by atoms with E-state index in [0.717, 1.165) is 65.3 Å². The lowest BCUT2D eigenvalue weighted by Crippen LogP contribution is -2.05. The molecule has 0 aliphatic heterocycles. The summed E-state index contributed by atoms with van der Waals surface area (Å²) in [5.41, 5.74) is 0. The summed E-state index contributed by atoms with van der Waals surface area (Å²) < 4.78 is 16.2. The van der Waals surface area contributed by atoms with Crippen molar-refractivity contribution in [1.82, 2.24) is 0 Å². The fraction of sp³-hybridized carbons (Fsp3) is 1.00. The van der Waals surface area contributed by atoms with Gasteiger partial charge in [-0.1, -0.05) is 20.3 Å². The maximum atomic E-state index is 5.46. The molecule has 3 heteroatoms. The van der Waals surface area contributed by atoms with E-state index in [1.54, 1.807) is 0 Å². The third-order valence-corrected chi connectivity index (χ3v) is 2.15. The van der Waals surface area contributed by atoms with Crippen LogP contribution in [0.15, 0.2) is 0 Å². The summed E-state index contributed by atoms with van der Waals surface area (Å²) in [6.45, 7) is 9.31. The molecule has 0 amide bonds. The highest BCUT2D eigenvalue weighted by atomic mass is 16.5. The largest absolute Gasteiger partial charge is 0.381 e. The molecule has 0 fully saturated rings. The van der Waals surface area contributed by atoms with Gasteiger partial charge in [-0.2, -0.15) is 0 Å². The van der Waals surface area contributed by atoms with Gasteiger partial charge in [0.25, 0.3) is 0 Å². The lowest BCUT2D eigenvalue weighted by molar-refractivity contribution is 0.0629. The van der Waals surface area contributed by atoms with E-state index in [4.69, 9.17) is 14.2 Å². The van der Waals surface area contributed by atoms with E-state index in [9.17, 15) is 0 Å². The van der Waals surface area contributed by atoms with E-state index in [1.807, 2.05) is 0 Å². The quantitative estimate of drug-likeness (QED) is 0.457. The molecule has 0 aromatic heterocycles. The first-order valence-corrected chi connectivity index (χ1v) is 6.65. The fourth-order valence-corrected chi connectivity index (χ4v) is 1.22. The van der Waals surface area contributed by atoms with Crippen LogP contribution in [0, 0.1) is 0 Å². The van der Waals surface area contributed by atoms with E-state index in [-0.39, 0.29) is 0 Å². The summed E-state index contributed by atoms with van der Waals surface area (Å²) in [5, 5.41) is 0. The van der Waals surface area contributed by atoms with E-state index >= 15 is 0 Å². The van der Waals surface area contributed by atoms with Crippen LogP contribution in [0.2, 0.25) is 0 Å². The summed E-state index contributed by atoms with van der Waals surface area (Å²) in [5.74, 6) is 0. The van der Waals surface area contributed by atoms with Crippen LogP contribution >= 0.6 is 0 Å². The fourth-order valence-electron chi connectivity index (χ4n) is 1.22. The molecule has 0 N–H and O–H groups in total. The highest BCUT2D eigenvalue weighted by Crippen LogP contribution is 1.92. The van der Waals surface area contributed by atoms with Gasteiger partial charge in [-0.15, -0.1) is 0 Å². The first-order chi connectivity index (χ1) is 7.91. The zero-order valence-corrected chi connectivity index (χ0v) is 11.0. The first-order valence-electron chi connectivity index (χ1n) is 6.65. The maximum Gasteiger partial charge on any atom is 0.0488 e. The molecule has 0 aromatic carbocycles. The number of unbranched alkanes of at least 4 members (excludes halogenated alkanes) is 1. The second kappa shape index (κ2) is 14.9. The van der Waals surface area contributed by atoms with Gasteiger partial charge in [0, 0.05) is 39.6 Å². The Balaban J connectivity index is 2.83. The van der Waals surface area contributed by atoms with Crippen molar-refractivity contribution in [3.8, 4) is 0 Å². The van der Waals surface area contributed by atoms with Gasteiger partial charge in [-0.05, 0) is 25.7 Å². The van der Waals surface area contributed by atoms with E-state index in [2.05, 4.69) is 13.8 Å². The predicted molar refractivity (Wildman–Crippen MR) is 66.9 cm³/mol. The Morgan fingerprint density at radius 3 is 1.38 bits per heavy atom. The molecule has 0 rings (SSSR count). The van der Waals surface area contributed by atoms with Gasteiger partial charge in [0.1, 0.15) is 0 Å². The summed E-state index contributed by atoms with van der Waals surface area (Å²) in [7, 11) is 0. The van der Waals surface area contributed by atoms with Gasteiger partial charge in [0.2, 0.25) is 0 Å². The van der Waals surface area contributed by atoms with Crippen molar-refractivity contribution in [3.63, 3.8) is 0 Å². The zero-order valence-electron chi connectivity index (χ0n) is 11.0. The topological polar surface area (TPSA) is 27.7 Å². The number of ether oxygens (including phenoxy) is 3. The van der Waals surface area contributed by atoms with Gasteiger partial charge in [0.15, 0.2) is 0 Å². The molecule has 0 bridgehead atoms. The third-order valence-electron chi connectivity index (χ3n) is 2.15. The third kappa shape index (κ3) is 13.9. The Hall–Kier alpha value is -0.120. The Kier molecular flexibility index (Phi) is 14.8. The number of rotatable bonds is 13. The van der Waals surface area contributed by atoms with Crippen LogP contribution in [0.3, 0.4) is 0 Å². The van der Waals surface area contributed by atoms with Gasteiger partial charge in [0.05, 0.1) is 0 Å². The van der Waals surface area contributed by atoms with Crippen molar-refractivity contribution in [2.75, 3.05) is 39.6 Å². The highest BCUT2D eigenvalue weighted by molar-refractivity contribution is 4.39. The lowest BCUT2D eigenvalue weighted by atomic mass is 10.4. The summed E-state index contributed by atoms with van der Waals surface area (Å²) >= 11 is 0. The van der Waals surface area contributed by atoms with Crippen LogP contribution in [0.4, 0.5) is 0 Å². The molecule has 0 radical (unpaired) electrons. The average Bonchev–Trinajstić information content (AvgIpc) is 2.31. The maximum absolute atomic E-state index is 5.46. The van der Waals surface area contributed by atoms with Crippen molar-refractivity contribution in [2.24, 2.45) is 0 Å². The van der Waals surface area contributed by atoms with Gasteiger partial charge in [-0.25, -0.2) is 0 Å². The molecule has 0 saturated heterocycles. The standard InChI is InChI=1S/C13H28O3/c1-3-5-9-15-11-7-13-16-12-6-10-14-8-4-2/h3-13H2,1-2H3. The minimum atomic E-state index is 0.804. The molecule has 0 heterocycles. The Morgan fingerprint density at radius 2 is 0.938 bits per heavy atom. The number of hydrogen-bond donors (Lipinski definition) is 0. The minimum absolute atomic E-state index is 0.804. The highest BCUT2D eigenvalue weighted by Gasteiger charge is 1.91. The average molecular weight is 232 g/mol. The molecular weight excluding hydrogens is 204 g/mol. The van der Waals surface area contributed by atoms with E-state index in [0.29, 0.717) is 0 Å². The van der Waals surface area contributed by atoms with Crippen LogP contribution < -0.4 is 0 Å². The number of hydrogen-bond acceptors (Lipinski definition) is 3. The van der Waals surface area contributed by atoms with Crippen molar-refractivity contribution in [1.29, 1.82) is 0 Å². The molecule has 0 atom stereocenters. The minimum Gasteiger partial charge on any atom is -0.381 e. The van der Waals surface area contributed by atoms with Crippen LogP contribution in [-0.2, 0) is 14.2 Å². The molecule has 98 valence electrons. The summed E-state index contributed by atoms with van der Waals surface area (Å²) in [6.07, 6.45) is 5.45. The molecular formula is C13H28O3. The monoisotopic (exact) mass is 232 g/mol. The Labute approximate surface area is 100 Å². The predicted octanol–water partition coefficient (Wildman–Crippen LogP) is 3.03. The molecule has 0 aliphatic rings. The molecule has 0 aromatic rings. The zero-order chi connectivity index (χ0) is 11.9. The second-order valence-electron chi connectivity index (χ2n) is 3.90. The van der Waals surface area contributed by atoms with Crippen molar-refractivity contribution >= 4 is 0 Å². The molecule has 16 heavy (non-hydrogen) atoms. The van der Waals surface area contributed by atoms with E-state index in [1.165, 1.54) is 6.42 Å². The van der Waals surface area contributed by atoms with Crippen molar-refractivity contribution < 1.29 is 14.2 Å². The first kappa shape index (κ1) is 15.9. The van der Waals surface area contributed by atoms with Gasteiger partial charge in [-0.3, -0.25) is 0 Å². The second-order valence-corrected chi connectivity index (χ2v) is 3.90. The Bertz CT molecular complexity index is 104. The van der Waals surface area contributed by atoms with Crippen LogP contribution in [0.1, 0.15) is 46.0 Å². The van der Waals surface area contributed by atoms with E-state index < -0.39 is 0 Å². The van der Waals surface area contributed by atoms with Crippen LogP contribution in [0.5, 0.6) is 0 Å². The van der Waals surface area contributed by atoms with Crippen molar-refractivity contribution in [3.05, 3.63) is 0 Å². The van der Waals surface area contributed by atoms with Crippen LogP contribution in [0.25, 0.3) is 0 Å². The molecule has 0 spiro atoms. The van der Waals surface area contributed by atoms with Crippen molar-refractivity contribution in [2.45, 2.75) is 46.0 Å².